The SMILES string of the molecule is c1ccc(-n2c3ccccc3c3cc(-c4nc(-n5c6ccccc6c6cc7ccccc7cc65)c5cccnc5n4)ccc32)cc1. The number of hydrogen-bond donors (Lipinski definition) is 0. The lowest BCUT2D eigenvalue weighted by Gasteiger charge is -2.12. The van der Waals surface area contributed by atoms with Crippen LogP contribution in [0.5, 0.6) is 0 Å². The summed E-state index contributed by atoms with van der Waals surface area (Å²) in [6.45, 7) is 0. The summed E-state index contributed by atoms with van der Waals surface area (Å²) in [5.41, 5.74) is 7.27. The Hall–Kier alpha value is -6.33. The molecule has 4 heterocycles. The Labute approximate surface area is 263 Å². The van der Waals surface area contributed by atoms with Crippen molar-refractivity contribution < 1.29 is 0 Å². The topological polar surface area (TPSA) is 48.5 Å². The smallest absolute Gasteiger partial charge is 0.165 e. The number of rotatable bonds is 3. The lowest BCUT2D eigenvalue weighted by molar-refractivity contribution is 1.07. The van der Waals surface area contributed by atoms with Crippen LogP contribution in [0.4, 0.5) is 0 Å². The number of pyridine rings is 1. The van der Waals surface area contributed by atoms with Crippen LogP contribution in [0, 0.1) is 0 Å². The molecule has 0 atom stereocenters. The monoisotopic (exact) mass is 587 g/mol. The van der Waals surface area contributed by atoms with Gasteiger partial charge in [0.25, 0.3) is 0 Å². The van der Waals surface area contributed by atoms with Gasteiger partial charge in [-0.15, -0.1) is 0 Å². The molecule has 10 aromatic rings. The minimum Gasteiger partial charge on any atom is -0.309 e. The van der Waals surface area contributed by atoms with E-state index in [9.17, 15) is 0 Å². The first kappa shape index (κ1) is 25.0. The van der Waals surface area contributed by atoms with Crippen LogP contribution in [0.3, 0.4) is 0 Å². The third-order valence-corrected chi connectivity index (χ3v) is 9.15. The molecule has 0 radical (unpaired) electrons. The number of para-hydroxylation sites is 3. The summed E-state index contributed by atoms with van der Waals surface area (Å²) in [6.07, 6.45) is 1.80. The maximum absolute atomic E-state index is 5.35. The zero-order valence-electron chi connectivity index (χ0n) is 24.7. The molecule has 0 bridgehead atoms. The summed E-state index contributed by atoms with van der Waals surface area (Å²) in [5.74, 6) is 1.47. The lowest BCUT2D eigenvalue weighted by atomic mass is 10.1. The minimum atomic E-state index is 0.645. The van der Waals surface area contributed by atoms with Crippen molar-refractivity contribution in [1.29, 1.82) is 0 Å². The molecule has 214 valence electrons. The summed E-state index contributed by atoms with van der Waals surface area (Å²) in [4.78, 5) is 15.1. The van der Waals surface area contributed by atoms with Crippen molar-refractivity contribution in [2.75, 3.05) is 0 Å². The second-order valence-electron chi connectivity index (χ2n) is 11.7. The average Bonchev–Trinajstić information content (AvgIpc) is 3.62. The molecule has 0 amide bonds. The third kappa shape index (κ3) is 3.60. The minimum absolute atomic E-state index is 0.645. The van der Waals surface area contributed by atoms with Gasteiger partial charge in [0.2, 0.25) is 0 Å². The van der Waals surface area contributed by atoms with E-state index < -0.39 is 0 Å². The molecule has 5 heteroatoms. The molecule has 6 aromatic carbocycles. The number of hydrogen-bond acceptors (Lipinski definition) is 3. The fourth-order valence-electron chi connectivity index (χ4n) is 7.10. The van der Waals surface area contributed by atoms with Gasteiger partial charge < -0.3 is 4.57 Å². The van der Waals surface area contributed by atoms with Gasteiger partial charge in [0, 0.05) is 39.0 Å². The quantitative estimate of drug-likeness (QED) is 0.207. The van der Waals surface area contributed by atoms with Gasteiger partial charge in [-0.25, -0.2) is 15.0 Å². The van der Waals surface area contributed by atoms with Crippen molar-refractivity contribution >= 4 is 65.4 Å². The Balaban J connectivity index is 1.27. The van der Waals surface area contributed by atoms with Gasteiger partial charge in [0.1, 0.15) is 0 Å². The molecule has 0 saturated heterocycles. The first-order valence-corrected chi connectivity index (χ1v) is 15.5. The molecular formula is C41H25N5. The maximum Gasteiger partial charge on any atom is 0.165 e. The molecule has 0 aliphatic heterocycles. The Morgan fingerprint density at radius 2 is 1.04 bits per heavy atom. The summed E-state index contributed by atoms with van der Waals surface area (Å²) >= 11 is 0. The third-order valence-electron chi connectivity index (χ3n) is 9.15. The summed E-state index contributed by atoms with van der Waals surface area (Å²) in [7, 11) is 0. The Morgan fingerprint density at radius 1 is 0.413 bits per heavy atom. The van der Waals surface area contributed by atoms with Crippen molar-refractivity contribution in [3.8, 4) is 22.9 Å². The number of benzene rings is 6. The molecule has 0 aliphatic rings. The number of nitrogens with zero attached hydrogens (tertiary/aromatic N) is 5. The fourth-order valence-corrected chi connectivity index (χ4v) is 7.10. The van der Waals surface area contributed by atoms with E-state index in [1.807, 2.05) is 6.07 Å². The van der Waals surface area contributed by atoms with Gasteiger partial charge in [-0.1, -0.05) is 78.9 Å². The summed E-state index contributed by atoms with van der Waals surface area (Å²) in [6, 6.07) is 51.3. The van der Waals surface area contributed by atoms with Crippen LogP contribution < -0.4 is 0 Å². The van der Waals surface area contributed by atoms with E-state index in [1.165, 1.54) is 32.4 Å². The summed E-state index contributed by atoms with van der Waals surface area (Å²) in [5, 5.41) is 8.05. The van der Waals surface area contributed by atoms with E-state index in [0.29, 0.717) is 11.5 Å². The van der Waals surface area contributed by atoms with Gasteiger partial charge in [0.15, 0.2) is 17.3 Å². The molecule has 0 N–H and O–H groups in total. The molecule has 0 fully saturated rings. The first-order valence-electron chi connectivity index (χ1n) is 15.5. The van der Waals surface area contributed by atoms with E-state index in [4.69, 9.17) is 15.0 Å². The van der Waals surface area contributed by atoms with Crippen LogP contribution in [0.25, 0.3) is 88.3 Å². The number of fused-ring (bicyclic) bond motifs is 8. The molecule has 0 spiro atoms. The van der Waals surface area contributed by atoms with E-state index in [-0.39, 0.29) is 0 Å². The Bertz CT molecular complexity index is 2810. The average molecular weight is 588 g/mol. The standard InChI is InChI=1S/C41H25N5/c1-2-13-29(14-3-1)45-35-18-8-6-15-30(35)33-24-28(20-21-37(33)45)39-43-40-32(17-10-22-42-40)41(44-39)46-36-19-9-7-16-31(36)34-23-26-11-4-5-12-27(26)25-38(34)46/h1-25H. The highest BCUT2D eigenvalue weighted by Gasteiger charge is 2.20. The summed E-state index contributed by atoms with van der Waals surface area (Å²) < 4.78 is 4.61. The highest BCUT2D eigenvalue weighted by atomic mass is 15.1. The fraction of sp³-hybridized carbons (Fsp3) is 0. The van der Waals surface area contributed by atoms with Crippen LogP contribution in [0.15, 0.2) is 152 Å². The zero-order valence-corrected chi connectivity index (χ0v) is 24.7. The Kier molecular flexibility index (Phi) is 5.22. The lowest BCUT2D eigenvalue weighted by Crippen LogP contribution is -2.03. The van der Waals surface area contributed by atoms with Crippen molar-refractivity contribution in [3.05, 3.63) is 152 Å². The van der Waals surface area contributed by atoms with E-state index >= 15 is 0 Å². The van der Waals surface area contributed by atoms with Crippen LogP contribution in [-0.4, -0.2) is 24.1 Å². The van der Waals surface area contributed by atoms with Crippen LogP contribution in [0.2, 0.25) is 0 Å². The van der Waals surface area contributed by atoms with Crippen LogP contribution in [0.1, 0.15) is 0 Å². The van der Waals surface area contributed by atoms with Crippen molar-refractivity contribution in [3.63, 3.8) is 0 Å². The van der Waals surface area contributed by atoms with Crippen molar-refractivity contribution in [2.24, 2.45) is 0 Å². The van der Waals surface area contributed by atoms with Crippen molar-refractivity contribution in [2.45, 2.75) is 0 Å². The van der Waals surface area contributed by atoms with Gasteiger partial charge in [0.05, 0.1) is 27.5 Å². The maximum atomic E-state index is 5.35. The molecule has 4 aromatic heterocycles. The molecule has 5 nitrogen and oxygen atoms in total. The van der Waals surface area contributed by atoms with Gasteiger partial charge in [-0.3, -0.25) is 4.57 Å². The second-order valence-corrected chi connectivity index (χ2v) is 11.7. The van der Waals surface area contributed by atoms with Crippen LogP contribution in [-0.2, 0) is 0 Å². The van der Waals surface area contributed by atoms with E-state index in [0.717, 1.165) is 44.4 Å². The second kappa shape index (κ2) is 9.58. The Morgan fingerprint density at radius 3 is 1.85 bits per heavy atom. The first-order chi connectivity index (χ1) is 22.8. The van der Waals surface area contributed by atoms with Crippen LogP contribution >= 0.6 is 0 Å². The number of aromatic nitrogens is 5. The molecule has 0 aliphatic carbocycles. The molecular weight excluding hydrogens is 562 g/mol. The highest BCUT2D eigenvalue weighted by molar-refractivity contribution is 6.14. The molecule has 0 unspecified atom stereocenters. The molecule has 10 rings (SSSR count). The van der Waals surface area contributed by atoms with Gasteiger partial charge in [-0.2, -0.15) is 0 Å². The van der Waals surface area contributed by atoms with Gasteiger partial charge >= 0.3 is 0 Å². The zero-order chi connectivity index (χ0) is 30.2. The highest BCUT2D eigenvalue weighted by Crippen LogP contribution is 2.38. The van der Waals surface area contributed by atoms with Crippen molar-refractivity contribution in [1.82, 2.24) is 24.1 Å². The largest absolute Gasteiger partial charge is 0.309 e. The predicted octanol–water partition coefficient (Wildman–Crippen LogP) is 10.0. The molecule has 0 saturated carbocycles. The normalized spacial score (nSPS) is 11.9. The van der Waals surface area contributed by atoms with Gasteiger partial charge in [-0.05, 0) is 77.5 Å². The van der Waals surface area contributed by atoms with E-state index in [1.54, 1.807) is 6.20 Å². The molecule has 46 heavy (non-hydrogen) atoms. The van der Waals surface area contributed by atoms with E-state index in [2.05, 4.69) is 149 Å². The predicted molar refractivity (Wildman–Crippen MR) is 189 cm³/mol.